The van der Waals surface area contributed by atoms with Crippen LogP contribution in [0.4, 0.5) is 0 Å². The summed E-state index contributed by atoms with van der Waals surface area (Å²) in [5, 5.41) is 0. The van der Waals surface area contributed by atoms with E-state index in [0.717, 1.165) is 39.1 Å². The van der Waals surface area contributed by atoms with Crippen LogP contribution in [-0.2, 0) is 9.47 Å². The first-order chi connectivity index (χ1) is 7.64. The van der Waals surface area contributed by atoms with Crippen molar-refractivity contribution in [2.75, 3.05) is 40.0 Å². The zero-order valence-electron chi connectivity index (χ0n) is 10.5. The molecule has 2 saturated heterocycles. The number of piperidine rings is 1. The van der Waals surface area contributed by atoms with E-state index in [2.05, 4.69) is 11.8 Å². The van der Waals surface area contributed by atoms with Crippen molar-refractivity contribution in [3.05, 3.63) is 0 Å². The van der Waals surface area contributed by atoms with Gasteiger partial charge >= 0.3 is 0 Å². The first-order valence-corrected chi connectivity index (χ1v) is 6.22. The van der Waals surface area contributed by atoms with Crippen LogP contribution in [0.1, 0.15) is 26.2 Å². The lowest BCUT2D eigenvalue weighted by molar-refractivity contribution is -0.0806. The van der Waals surface area contributed by atoms with Gasteiger partial charge in [0.15, 0.2) is 0 Å². The summed E-state index contributed by atoms with van der Waals surface area (Å²) in [6.45, 7) is 6.61. The number of nitrogens with zero attached hydrogens (tertiary/aromatic N) is 1. The van der Waals surface area contributed by atoms with Gasteiger partial charge in [0.1, 0.15) is 0 Å². The van der Waals surface area contributed by atoms with Crippen LogP contribution in [0.3, 0.4) is 0 Å². The maximum atomic E-state index is 5.97. The SMILES string of the molecule is COC1(C)CCCN(C2(CN)CCOC2)C1. The lowest BCUT2D eigenvalue weighted by Gasteiger charge is -2.47. The number of nitrogens with two attached hydrogens (primary N) is 1. The maximum absolute atomic E-state index is 5.97. The standard InChI is InChI=1S/C12H24N2O2/c1-11(15-2)4-3-6-14(9-11)12(8-13)5-7-16-10-12/h3-10,13H2,1-2H3. The van der Waals surface area contributed by atoms with Crippen LogP contribution in [0.15, 0.2) is 0 Å². The van der Waals surface area contributed by atoms with Crippen molar-refractivity contribution in [2.24, 2.45) is 5.73 Å². The van der Waals surface area contributed by atoms with Crippen molar-refractivity contribution in [3.63, 3.8) is 0 Å². The average molecular weight is 228 g/mol. The molecule has 2 heterocycles. The van der Waals surface area contributed by atoms with Gasteiger partial charge in [0.2, 0.25) is 0 Å². The van der Waals surface area contributed by atoms with Crippen LogP contribution in [0.5, 0.6) is 0 Å². The van der Waals surface area contributed by atoms with Crippen molar-refractivity contribution >= 4 is 0 Å². The molecule has 2 rings (SSSR count). The largest absolute Gasteiger partial charge is 0.379 e. The number of hydrogen-bond acceptors (Lipinski definition) is 4. The van der Waals surface area contributed by atoms with Gasteiger partial charge in [-0.2, -0.15) is 0 Å². The third-order valence-electron chi connectivity index (χ3n) is 4.29. The summed E-state index contributed by atoms with van der Waals surface area (Å²) >= 11 is 0. The molecule has 0 radical (unpaired) electrons. The van der Waals surface area contributed by atoms with E-state index in [-0.39, 0.29) is 11.1 Å². The molecular formula is C12H24N2O2. The number of ether oxygens (including phenoxy) is 2. The third kappa shape index (κ3) is 2.12. The van der Waals surface area contributed by atoms with E-state index >= 15 is 0 Å². The van der Waals surface area contributed by atoms with E-state index < -0.39 is 0 Å². The fraction of sp³-hybridized carbons (Fsp3) is 1.00. The van der Waals surface area contributed by atoms with Crippen LogP contribution in [-0.4, -0.2) is 56.0 Å². The third-order valence-corrected chi connectivity index (χ3v) is 4.29. The Labute approximate surface area is 98.1 Å². The lowest BCUT2D eigenvalue weighted by Crippen LogP contribution is -2.61. The van der Waals surface area contributed by atoms with Crippen LogP contribution in [0.25, 0.3) is 0 Å². The Balaban J connectivity index is 2.08. The maximum Gasteiger partial charge on any atom is 0.0777 e. The van der Waals surface area contributed by atoms with Gasteiger partial charge in [-0.25, -0.2) is 0 Å². The smallest absolute Gasteiger partial charge is 0.0777 e. The summed E-state index contributed by atoms with van der Waals surface area (Å²) in [7, 11) is 1.81. The van der Waals surface area contributed by atoms with Crippen molar-refractivity contribution in [1.29, 1.82) is 0 Å². The number of hydrogen-bond donors (Lipinski definition) is 1. The van der Waals surface area contributed by atoms with Gasteiger partial charge in [0.25, 0.3) is 0 Å². The zero-order chi connectivity index (χ0) is 11.6. The van der Waals surface area contributed by atoms with E-state index in [1.165, 1.54) is 6.42 Å². The first kappa shape index (κ1) is 12.3. The number of methoxy groups -OCH3 is 1. The zero-order valence-corrected chi connectivity index (χ0v) is 10.5. The van der Waals surface area contributed by atoms with Gasteiger partial charge in [-0.05, 0) is 32.7 Å². The Morgan fingerprint density at radius 1 is 1.44 bits per heavy atom. The van der Waals surface area contributed by atoms with Gasteiger partial charge in [-0.3, -0.25) is 4.90 Å². The molecule has 0 aliphatic carbocycles. The fourth-order valence-corrected chi connectivity index (χ4v) is 2.91. The van der Waals surface area contributed by atoms with E-state index in [1.54, 1.807) is 0 Å². The highest BCUT2D eigenvalue weighted by Crippen LogP contribution is 2.32. The van der Waals surface area contributed by atoms with Crippen molar-refractivity contribution in [2.45, 2.75) is 37.3 Å². The molecule has 2 unspecified atom stereocenters. The molecular weight excluding hydrogens is 204 g/mol. The lowest BCUT2D eigenvalue weighted by atomic mass is 9.88. The highest BCUT2D eigenvalue weighted by molar-refractivity contribution is 4.99. The minimum absolute atomic E-state index is 0.0109. The predicted octanol–water partition coefficient (Wildman–Crippen LogP) is 0.605. The Bertz CT molecular complexity index is 241. The van der Waals surface area contributed by atoms with E-state index in [1.807, 2.05) is 7.11 Å². The molecule has 0 aromatic carbocycles. The molecule has 0 spiro atoms. The van der Waals surface area contributed by atoms with E-state index in [9.17, 15) is 0 Å². The molecule has 0 saturated carbocycles. The van der Waals surface area contributed by atoms with Crippen molar-refractivity contribution < 1.29 is 9.47 Å². The van der Waals surface area contributed by atoms with Crippen LogP contribution >= 0.6 is 0 Å². The second-order valence-corrected chi connectivity index (χ2v) is 5.41. The highest BCUT2D eigenvalue weighted by Gasteiger charge is 2.44. The number of rotatable bonds is 3. The molecule has 2 aliphatic heterocycles. The van der Waals surface area contributed by atoms with Crippen LogP contribution in [0.2, 0.25) is 0 Å². The summed E-state index contributed by atoms with van der Waals surface area (Å²) in [6.07, 6.45) is 3.39. The summed E-state index contributed by atoms with van der Waals surface area (Å²) in [5.41, 5.74) is 6.03. The summed E-state index contributed by atoms with van der Waals surface area (Å²) in [6, 6.07) is 0. The average Bonchev–Trinajstić information content (AvgIpc) is 2.79. The molecule has 0 bridgehead atoms. The summed E-state index contributed by atoms with van der Waals surface area (Å²) in [5.74, 6) is 0. The predicted molar refractivity (Wildman–Crippen MR) is 63.4 cm³/mol. The molecule has 4 nitrogen and oxygen atoms in total. The van der Waals surface area contributed by atoms with Gasteiger partial charge < -0.3 is 15.2 Å². The molecule has 2 N–H and O–H groups in total. The minimum atomic E-state index is -0.0109. The van der Waals surface area contributed by atoms with Gasteiger partial charge in [0.05, 0.1) is 17.7 Å². The highest BCUT2D eigenvalue weighted by atomic mass is 16.5. The molecule has 4 heteroatoms. The molecule has 2 fully saturated rings. The number of likely N-dealkylation sites (tertiary alicyclic amines) is 1. The quantitative estimate of drug-likeness (QED) is 0.768. The van der Waals surface area contributed by atoms with Crippen molar-refractivity contribution in [1.82, 2.24) is 4.90 Å². The Morgan fingerprint density at radius 2 is 2.25 bits per heavy atom. The van der Waals surface area contributed by atoms with Crippen LogP contribution < -0.4 is 5.73 Å². The summed E-state index contributed by atoms with van der Waals surface area (Å²) < 4.78 is 11.2. The van der Waals surface area contributed by atoms with Gasteiger partial charge in [-0.15, -0.1) is 0 Å². The molecule has 0 aromatic rings. The fourth-order valence-electron chi connectivity index (χ4n) is 2.91. The monoisotopic (exact) mass is 228 g/mol. The van der Waals surface area contributed by atoms with E-state index in [4.69, 9.17) is 15.2 Å². The molecule has 94 valence electrons. The molecule has 2 atom stereocenters. The second-order valence-electron chi connectivity index (χ2n) is 5.41. The topological polar surface area (TPSA) is 47.7 Å². The van der Waals surface area contributed by atoms with E-state index in [0.29, 0.717) is 6.54 Å². The Kier molecular flexibility index (Phi) is 3.54. The van der Waals surface area contributed by atoms with Gasteiger partial charge in [0, 0.05) is 26.8 Å². The molecule has 16 heavy (non-hydrogen) atoms. The molecule has 0 aromatic heterocycles. The Morgan fingerprint density at radius 3 is 2.81 bits per heavy atom. The molecule has 2 aliphatic rings. The first-order valence-electron chi connectivity index (χ1n) is 6.22. The normalized spacial score (nSPS) is 41.4. The van der Waals surface area contributed by atoms with Crippen LogP contribution in [0, 0.1) is 0 Å². The minimum Gasteiger partial charge on any atom is -0.379 e. The summed E-state index contributed by atoms with van der Waals surface area (Å²) in [4.78, 5) is 2.49. The second kappa shape index (κ2) is 4.61. The molecule has 0 amide bonds. The van der Waals surface area contributed by atoms with Gasteiger partial charge in [-0.1, -0.05) is 0 Å². The Hall–Kier alpha value is -0.160. The van der Waals surface area contributed by atoms with Crippen molar-refractivity contribution in [3.8, 4) is 0 Å².